The van der Waals surface area contributed by atoms with Gasteiger partial charge in [-0.2, -0.15) is 0 Å². The van der Waals surface area contributed by atoms with Crippen LogP contribution in [0.3, 0.4) is 0 Å². The summed E-state index contributed by atoms with van der Waals surface area (Å²) < 4.78 is 65.5. The molecule has 1 amide bonds. The number of para-hydroxylation sites is 1. The lowest BCUT2D eigenvalue weighted by Gasteiger charge is -2.21. The molecule has 0 saturated heterocycles. The van der Waals surface area contributed by atoms with Crippen molar-refractivity contribution < 1.29 is 26.0 Å². The van der Waals surface area contributed by atoms with E-state index >= 15 is 0 Å². The quantitative estimate of drug-likeness (QED) is 0.518. The van der Waals surface area contributed by atoms with Crippen LogP contribution in [0.4, 0.5) is 21.5 Å². The molecule has 0 fully saturated rings. The van der Waals surface area contributed by atoms with Crippen molar-refractivity contribution >= 4 is 43.0 Å². The molecule has 0 aliphatic rings. The summed E-state index contributed by atoms with van der Waals surface area (Å²) in [4.78, 5) is 12.4. The minimum absolute atomic E-state index is 0.0107. The number of carbonyl (C=O) groups is 1. The Labute approximate surface area is 185 Å². The smallest absolute Gasteiger partial charge is 0.261 e. The molecular weight excluding hydrogens is 457 g/mol. The highest BCUT2D eigenvalue weighted by Gasteiger charge is 2.21. The number of sulfonamides is 2. The fourth-order valence-corrected chi connectivity index (χ4v) is 4.69. The van der Waals surface area contributed by atoms with E-state index < -0.39 is 38.3 Å². The lowest BCUT2D eigenvalue weighted by atomic mass is 10.3. The second kappa shape index (κ2) is 9.37. The van der Waals surface area contributed by atoms with E-state index in [1.807, 2.05) is 0 Å². The predicted molar refractivity (Wildman–Crippen MR) is 121 cm³/mol. The van der Waals surface area contributed by atoms with Gasteiger partial charge in [0.05, 0.1) is 16.8 Å². The van der Waals surface area contributed by atoms with Crippen molar-refractivity contribution in [3.63, 3.8) is 0 Å². The molecule has 3 aromatic rings. The molecule has 11 heteroatoms. The average Bonchev–Trinajstić information content (AvgIpc) is 2.73. The third kappa shape index (κ3) is 6.05. The Kier molecular flexibility index (Phi) is 6.80. The van der Waals surface area contributed by atoms with Gasteiger partial charge in [-0.25, -0.2) is 21.2 Å². The van der Waals surface area contributed by atoms with Crippen LogP contribution in [0.25, 0.3) is 0 Å². The van der Waals surface area contributed by atoms with Gasteiger partial charge in [0.15, 0.2) is 0 Å². The first-order valence-corrected chi connectivity index (χ1v) is 12.6. The fraction of sp³-hybridized carbons (Fsp3) is 0.0952. The first-order chi connectivity index (χ1) is 15.0. The number of carbonyl (C=O) groups excluding carboxylic acids is 1. The second-order valence-electron chi connectivity index (χ2n) is 6.79. The highest BCUT2D eigenvalue weighted by molar-refractivity contribution is 7.92. The lowest BCUT2D eigenvalue weighted by molar-refractivity contribution is -0.114. The van der Waals surface area contributed by atoms with E-state index in [-0.39, 0.29) is 16.3 Å². The molecule has 0 saturated carbocycles. The SMILES string of the molecule is CS(=O)(=O)N(CC(=O)Nc1ccc(S(=O)(=O)Nc2ccccc2)cc1)c1ccc(F)cc1. The van der Waals surface area contributed by atoms with E-state index in [1.54, 1.807) is 30.3 Å². The number of rotatable bonds is 8. The Bertz CT molecular complexity index is 1300. The van der Waals surface area contributed by atoms with Gasteiger partial charge in [0.1, 0.15) is 12.4 Å². The van der Waals surface area contributed by atoms with Crippen molar-refractivity contribution in [3.8, 4) is 0 Å². The van der Waals surface area contributed by atoms with E-state index in [0.29, 0.717) is 5.69 Å². The molecule has 0 atom stereocenters. The fourth-order valence-electron chi connectivity index (χ4n) is 2.78. The third-order valence-corrected chi connectivity index (χ3v) is 6.81. The summed E-state index contributed by atoms with van der Waals surface area (Å²) >= 11 is 0. The van der Waals surface area contributed by atoms with Crippen LogP contribution in [0.1, 0.15) is 0 Å². The number of hydrogen-bond donors (Lipinski definition) is 2. The highest BCUT2D eigenvalue weighted by atomic mass is 32.2. The molecule has 0 aromatic heterocycles. The molecule has 0 aliphatic heterocycles. The molecule has 2 N–H and O–H groups in total. The van der Waals surface area contributed by atoms with Crippen LogP contribution in [0, 0.1) is 5.82 Å². The standard InChI is InChI=1S/C21H20FN3O5S2/c1-31(27,28)25(19-11-7-16(22)8-12-19)15-21(26)23-17-9-13-20(14-10-17)32(29,30)24-18-5-3-2-4-6-18/h2-14,24H,15H2,1H3,(H,23,26). The molecular formula is C21H20FN3O5S2. The van der Waals surface area contributed by atoms with Gasteiger partial charge in [0.25, 0.3) is 10.0 Å². The summed E-state index contributed by atoms with van der Waals surface area (Å²) in [5, 5.41) is 2.52. The van der Waals surface area contributed by atoms with Crippen molar-refractivity contribution in [3.05, 3.63) is 84.7 Å². The maximum Gasteiger partial charge on any atom is 0.261 e. The van der Waals surface area contributed by atoms with Crippen LogP contribution in [0.5, 0.6) is 0 Å². The largest absolute Gasteiger partial charge is 0.325 e. The van der Waals surface area contributed by atoms with Gasteiger partial charge < -0.3 is 5.32 Å². The van der Waals surface area contributed by atoms with Crippen molar-refractivity contribution in [2.45, 2.75) is 4.90 Å². The molecule has 0 heterocycles. The first-order valence-electron chi connectivity index (χ1n) is 9.26. The highest BCUT2D eigenvalue weighted by Crippen LogP contribution is 2.20. The van der Waals surface area contributed by atoms with Crippen LogP contribution >= 0.6 is 0 Å². The number of nitrogens with one attached hydrogen (secondary N) is 2. The Hall–Kier alpha value is -3.44. The van der Waals surface area contributed by atoms with Crippen molar-refractivity contribution in [1.29, 1.82) is 0 Å². The summed E-state index contributed by atoms with van der Waals surface area (Å²) in [6, 6.07) is 18.5. The number of amides is 1. The molecule has 3 rings (SSSR count). The van der Waals surface area contributed by atoms with Crippen LogP contribution < -0.4 is 14.3 Å². The van der Waals surface area contributed by atoms with E-state index in [4.69, 9.17) is 0 Å². The van der Waals surface area contributed by atoms with Gasteiger partial charge >= 0.3 is 0 Å². The predicted octanol–water partition coefficient (Wildman–Crippen LogP) is 3.03. The maximum absolute atomic E-state index is 13.1. The zero-order valence-corrected chi connectivity index (χ0v) is 18.5. The molecule has 0 bridgehead atoms. The Morgan fingerprint density at radius 3 is 2.00 bits per heavy atom. The summed E-state index contributed by atoms with van der Waals surface area (Å²) in [5.41, 5.74) is 0.824. The van der Waals surface area contributed by atoms with E-state index in [9.17, 15) is 26.0 Å². The van der Waals surface area contributed by atoms with Gasteiger partial charge in [-0.15, -0.1) is 0 Å². The molecule has 32 heavy (non-hydrogen) atoms. The zero-order chi connectivity index (χ0) is 23.4. The molecule has 0 spiro atoms. The number of benzene rings is 3. The molecule has 168 valence electrons. The van der Waals surface area contributed by atoms with Gasteiger partial charge in [-0.05, 0) is 60.7 Å². The summed E-state index contributed by atoms with van der Waals surface area (Å²) in [6.07, 6.45) is 0.934. The monoisotopic (exact) mass is 477 g/mol. The van der Waals surface area contributed by atoms with E-state index in [1.165, 1.54) is 36.4 Å². The number of nitrogens with zero attached hydrogens (tertiary/aromatic N) is 1. The number of halogens is 1. The number of anilines is 3. The van der Waals surface area contributed by atoms with Gasteiger partial charge in [0.2, 0.25) is 15.9 Å². The van der Waals surface area contributed by atoms with Gasteiger partial charge in [-0.3, -0.25) is 13.8 Å². The van der Waals surface area contributed by atoms with Crippen molar-refractivity contribution in [2.75, 3.05) is 27.1 Å². The first kappa shape index (κ1) is 23.2. The zero-order valence-electron chi connectivity index (χ0n) is 16.9. The van der Waals surface area contributed by atoms with Crippen LogP contribution in [-0.2, 0) is 24.8 Å². The summed E-state index contributed by atoms with van der Waals surface area (Å²) in [7, 11) is -7.63. The van der Waals surface area contributed by atoms with E-state index in [0.717, 1.165) is 22.7 Å². The second-order valence-corrected chi connectivity index (χ2v) is 10.4. The molecule has 8 nitrogen and oxygen atoms in total. The van der Waals surface area contributed by atoms with Gasteiger partial charge in [0, 0.05) is 11.4 Å². The van der Waals surface area contributed by atoms with Crippen molar-refractivity contribution in [2.24, 2.45) is 0 Å². The topological polar surface area (TPSA) is 113 Å². The average molecular weight is 478 g/mol. The van der Waals surface area contributed by atoms with Crippen LogP contribution in [0.2, 0.25) is 0 Å². The van der Waals surface area contributed by atoms with Crippen LogP contribution in [0.15, 0.2) is 83.8 Å². The maximum atomic E-state index is 13.1. The normalized spacial score (nSPS) is 11.6. The number of hydrogen-bond acceptors (Lipinski definition) is 5. The van der Waals surface area contributed by atoms with E-state index in [2.05, 4.69) is 10.0 Å². The molecule has 3 aromatic carbocycles. The summed E-state index contributed by atoms with van der Waals surface area (Å²) in [5.74, 6) is -1.19. The Balaban J connectivity index is 1.70. The summed E-state index contributed by atoms with van der Waals surface area (Å²) in [6.45, 7) is -0.542. The van der Waals surface area contributed by atoms with Crippen LogP contribution in [-0.4, -0.2) is 35.5 Å². The third-order valence-electron chi connectivity index (χ3n) is 4.28. The molecule has 0 aliphatic carbocycles. The Morgan fingerprint density at radius 1 is 0.844 bits per heavy atom. The Morgan fingerprint density at radius 2 is 1.44 bits per heavy atom. The van der Waals surface area contributed by atoms with Crippen molar-refractivity contribution in [1.82, 2.24) is 0 Å². The minimum Gasteiger partial charge on any atom is -0.325 e. The molecule has 0 unspecified atom stereocenters. The lowest BCUT2D eigenvalue weighted by Crippen LogP contribution is -2.37. The minimum atomic E-state index is -3.82. The van der Waals surface area contributed by atoms with Gasteiger partial charge in [-0.1, -0.05) is 18.2 Å². The molecule has 0 radical (unpaired) electrons.